The first-order chi connectivity index (χ1) is 10.3. The summed E-state index contributed by atoms with van der Waals surface area (Å²) >= 11 is 0. The number of rotatable bonds is 3. The molecule has 3 heterocycles. The van der Waals surface area contributed by atoms with Crippen molar-refractivity contribution in [2.24, 2.45) is 5.92 Å². The van der Waals surface area contributed by atoms with Gasteiger partial charge in [-0.15, -0.1) is 5.10 Å². The summed E-state index contributed by atoms with van der Waals surface area (Å²) in [4.78, 5) is 22.8. The van der Waals surface area contributed by atoms with E-state index in [0.29, 0.717) is 5.82 Å². The van der Waals surface area contributed by atoms with Gasteiger partial charge in [0.25, 0.3) is 0 Å². The van der Waals surface area contributed by atoms with Crippen LogP contribution in [0, 0.1) is 5.92 Å². The highest BCUT2D eigenvalue weighted by atomic mass is 16.2. The number of carbonyl (C=O) groups excluding carboxylic acids is 1. The van der Waals surface area contributed by atoms with E-state index < -0.39 is 0 Å². The molecule has 0 aliphatic carbocycles. The summed E-state index contributed by atoms with van der Waals surface area (Å²) in [6.45, 7) is 1.56. The lowest BCUT2D eigenvalue weighted by Gasteiger charge is -2.31. The van der Waals surface area contributed by atoms with Gasteiger partial charge in [-0.2, -0.15) is 5.10 Å². The molecule has 108 valence electrons. The Morgan fingerprint density at radius 1 is 1.14 bits per heavy atom. The van der Waals surface area contributed by atoms with Crippen molar-refractivity contribution in [1.82, 2.24) is 20.2 Å². The maximum absolute atomic E-state index is 12.2. The van der Waals surface area contributed by atoms with Crippen LogP contribution >= 0.6 is 0 Å². The molecule has 21 heavy (non-hydrogen) atoms. The monoisotopic (exact) mass is 284 g/mol. The predicted molar refractivity (Wildman–Crippen MR) is 77.6 cm³/mol. The van der Waals surface area contributed by atoms with E-state index in [-0.39, 0.29) is 11.8 Å². The number of nitrogens with zero attached hydrogens (tertiary/aromatic N) is 5. The molecule has 1 aliphatic rings. The fourth-order valence-electron chi connectivity index (χ4n) is 2.39. The second kappa shape index (κ2) is 6.25. The van der Waals surface area contributed by atoms with Gasteiger partial charge in [-0.3, -0.25) is 4.79 Å². The molecular formula is C14H16N6O. The van der Waals surface area contributed by atoms with Gasteiger partial charge in [0.1, 0.15) is 0 Å². The van der Waals surface area contributed by atoms with Crippen molar-refractivity contribution >= 4 is 17.7 Å². The Labute approximate surface area is 122 Å². The first-order valence-electron chi connectivity index (χ1n) is 6.93. The standard InChI is InChI=1S/C14H16N6O/c21-13(18-12-3-1-8-17-19-12)11-4-9-20(10-5-11)14-15-6-2-7-16-14/h1-3,6-8,11H,4-5,9-10H2,(H,18,19,21). The largest absolute Gasteiger partial charge is 0.341 e. The molecule has 1 aliphatic heterocycles. The fourth-order valence-corrected chi connectivity index (χ4v) is 2.39. The average molecular weight is 284 g/mol. The molecule has 0 radical (unpaired) electrons. The van der Waals surface area contributed by atoms with Crippen molar-refractivity contribution in [1.29, 1.82) is 0 Å². The van der Waals surface area contributed by atoms with Crippen molar-refractivity contribution in [2.75, 3.05) is 23.3 Å². The van der Waals surface area contributed by atoms with Crippen molar-refractivity contribution in [2.45, 2.75) is 12.8 Å². The molecule has 0 atom stereocenters. The SMILES string of the molecule is O=C(Nc1cccnn1)C1CCN(c2ncccn2)CC1. The summed E-state index contributed by atoms with van der Waals surface area (Å²) in [5.41, 5.74) is 0. The molecular weight excluding hydrogens is 268 g/mol. The Kier molecular flexibility index (Phi) is 3.99. The number of carbonyl (C=O) groups is 1. The van der Waals surface area contributed by atoms with Gasteiger partial charge >= 0.3 is 0 Å². The normalized spacial score (nSPS) is 15.7. The third-order valence-corrected chi connectivity index (χ3v) is 3.52. The van der Waals surface area contributed by atoms with Crippen LogP contribution in [-0.2, 0) is 4.79 Å². The molecule has 7 heteroatoms. The Bertz CT molecular complexity index is 583. The molecule has 2 aromatic rings. The van der Waals surface area contributed by atoms with Gasteiger partial charge in [0.2, 0.25) is 11.9 Å². The van der Waals surface area contributed by atoms with Gasteiger partial charge in [0.15, 0.2) is 5.82 Å². The molecule has 7 nitrogen and oxygen atoms in total. The van der Waals surface area contributed by atoms with Crippen molar-refractivity contribution in [3.05, 3.63) is 36.8 Å². The van der Waals surface area contributed by atoms with E-state index in [0.717, 1.165) is 31.9 Å². The molecule has 1 amide bonds. The zero-order valence-electron chi connectivity index (χ0n) is 11.5. The van der Waals surface area contributed by atoms with Crippen LogP contribution in [-0.4, -0.2) is 39.2 Å². The quantitative estimate of drug-likeness (QED) is 0.909. The van der Waals surface area contributed by atoms with Crippen molar-refractivity contribution < 1.29 is 4.79 Å². The molecule has 3 rings (SSSR count). The number of aromatic nitrogens is 4. The van der Waals surface area contributed by atoms with Crippen LogP contribution in [0.2, 0.25) is 0 Å². The molecule has 0 saturated carbocycles. The Morgan fingerprint density at radius 3 is 2.57 bits per heavy atom. The molecule has 1 N–H and O–H groups in total. The van der Waals surface area contributed by atoms with E-state index in [4.69, 9.17) is 0 Å². The van der Waals surface area contributed by atoms with Crippen LogP contribution in [0.4, 0.5) is 11.8 Å². The molecule has 2 aromatic heterocycles. The lowest BCUT2D eigenvalue weighted by molar-refractivity contribution is -0.120. The second-order valence-corrected chi connectivity index (χ2v) is 4.91. The van der Waals surface area contributed by atoms with Crippen molar-refractivity contribution in [3.63, 3.8) is 0 Å². The van der Waals surface area contributed by atoms with E-state index >= 15 is 0 Å². The van der Waals surface area contributed by atoms with Gasteiger partial charge in [-0.05, 0) is 31.0 Å². The van der Waals surface area contributed by atoms with Crippen LogP contribution in [0.15, 0.2) is 36.8 Å². The van der Waals surface area contributed by atoms with E-state index in [1.54, 1.807) is 36.8 Å². The topological polar surface area (TPSA) is 83.9 Å². The summed E-state index contributed by atoms with van der Waals surface area (Å²) in [6.07, 6.45) is 6.60. The molecule has 0 aromatic carbocycles. The van der Waals surface area contributed by atoms with Gasteiger partial charge < -0.3 is 10.2 Å². The van der Waals surface area contributed by atoms with Gasteiger partial charge in [-0.1, -0.05) is 0 Å². The van der Waals surface area contributed by atoms with Crippen LogP contribution in [0.25, 0.3) is 0 Å². The second-order valence-electron chi connectivity index (χ2n) is 4.91. The lowest BCUT2D eigenvalue weighted by Crippen LogP contribution is -2.39. The maximum atomic E-state index is 12.2. The molecule has 0 bridgehead atoms. The molecule has 1 fully saturated rings. The van der Waals surface area contributed by atoms with Crippen molar-refractivity contribution in [3.8, 4) is 0 Å². The number of anilines is 2. The summed E-state index contributed by atoms with van der Waals surface area (Å²) in [7, 11) is 0. The summed E-state index contributed by atoms with van der Waals surface area (Å²) < 4.78 is 0. The fraction of sp³-hybridized carbons (Fsp3) is 0.357. The zero-order chi connectivity index (χ0) is 14.5. The van der Waals surface area contributed by atoms with E-state index in [1.807, 2.05) is 0 Å². The molecule has 0 unspecified atom stereocenters. The first kappa shape index (κ1) is 13.4. The van der Waals surface area contributed by atoms with Crippen LogP contribution < -0.4 is 10.2 Å². The van der Waals surface area contributed by atoms with Gasteiger partial charge in [0.05, 0.1) is 0 Å². The Balaban J connectivity index is 1.55. The van der Waals surface area contributed by atoms with Gasteiger partial charge in [0, 0.05) is 37.6 Å². The Hall–Kier alpha value is -2.57. The zero-order valence-corrected chi connectivity index (χ0v) is 11.5. The summed E-state index contributed by atoms with van der Waals surface area (Å²) in [5.74, 6) is 1.22. The molecule has 1 saturated heterocycles. The summed E-state index contributed by atoms with van der Waals surface area (Å²) in [6, 6.07) is 5.28. The minimum absolute atomic E-state index is 0.00382. The van der Waals surface area contributed by atoms with Crippen LogP contribution in [0.1, 0.15) is 12.8 Å². The van der Waals surface area contributed by atoms with Crippen LogP contribution in [0.3, 0.4) is 0 Å². The van der Waals surface area contributed by atoms with E-state index in [2.05, 4.69) is 30.4 Å². The first-order valence-corrected chi connectivity index (χ1v) is 6.93. The number of nitrogens with one attached hydrogen (secondary N) is 1. The van der Waals surface area contributed by atoms with E-state index in [9.17, 15) is 4.79 Å². The predicted octanol–water partition coefficient (Wildman–Crippen LogP) is 1.12. The highest BCUT2D eigenvalue weighted by molar-refractivity contribution is 5.91. The summed E-state index contributed by atoms with van der Waals surface area (Å²) in [5, 5.41) is 10.4. The third kappa shape index (κ3) is 3.31. The number of piperidine rings is 1. The van der Waals surface area contributed by atoms with Gasteiger partial charge in [-0.25, -0.2) is 9.97 Å². The van der Waals surface area contributed by atoms with E-state index in [1.165, 1.54) is 0 Å². The smallest absolute Gasteiger partial charge is 0.228 e. The van der Waals surface area contributed by atoms with Crippen LogP contribution in [0.5, 0.6) is 0 Å². The third-order valence-electron chi connectivity index (χ3n) is 3.52. The maximum Gasteiger partial charge on any atom is 0.228 e. The number of hydrogen-bond donors (Lipinski definition) is 1. The highest BCUT2D eigenvalue weighted by Gasteiger charge is 2.26. The number of hydrogen-bond acceptors (Lipinski definition) is 6. The minimum Gasteiger partial charge on any atom is -0.341 e. The highest BCUT2D eigenvalue weighted by Crippen LogP contribution is 2.21. The lowest BCUT2D eigenvalue weighted by atomic mass is 9.96. The average Bonchev–Trinajstić information content (AvgIpc) is 2.57. The Morgan fingerprint density at radius 2 is 1.90 bits per heavy atom. The minimum atomic E-state index is -0.00744. The number of amides is 1. The molecule has 0 spiro atoms.